The van der Waals surface area contributed by atoms with Crippen molar-refractivity contribution >= 4 is 27.5 Å². The van der Waals surface area contributed by atoms with Crippen LogP contribution >= 0.6 is 11.6 Å². The van der Waals surface area contributed by atoms with Gasteiger partial charge in [-0.2, -0.15) is 0 Å². The van der Waals surface area contributed by atoms with E-state index in [1.54, 1.807) is 13.0 Å². The van der Waals surface area contributed by atoms with Gasteiger partial charge in [-0.3, -0.25) is 4.79 Å². The van der Waals surface area contributed by atoms with Gasteiger partial charge in [0.1, 0.15) is 0 Å². The Morgan fingerprint density at radius 3 is 2.52 bits per heavy atom. The first-order chi connectivity index (χ1) is 12.6. The Labute approximate surface area is 167 Å². The lowest BCUT2D eigenvalue weighted by Crippen LogP contribution is -2.33. The van der Waals surface area contributed by atoms with Gasteiger partial charge in [-0.05, 0) is 24.5 Å². The molecule has 1 rings (SSSR count). The highest BCUT2D eigenvalue weighted by molar-refractivity contribution is 7.88. The minimum absolute atomic E-state index is 0.300. The van der Waals surface area contributed by atoms with Gasteiger partial charge in [-0.1, -0.05) is 32.4 Å². The maximum atomic E-state index is 12.4. The number of amides is 1. The summed E-state index contributed by atoms with van der Waals surface area (Å²) >= 11 is 6.25. The second kappa shape index (κ2) is 10.7. The van der Waals surface area contributed by atoms with Crippen molar-refractivity contribution in [3.8, 4) is 11.5 Å². The van der Waals surface area contributed by atoms with Gasteiger partial charge < -0.3 is 14.8 Å². The normalized spacial score (nSPS) is 11.7. The largest absolute Gasteiger partial charge is 0.493 e. The molecule has 1 amide bonds. The number of halogens is 1. The zero-order valence-electron chi connectivity index (χ0n) is 16.5. The molecule has 0 bridgehead atoms. The first-order valence-electron chi connectivity index (χ1n) is 8.83. The van der Waals surface area contributed by atoms with Crippen LogP contribution in [0.3, 0.4) is 0 Å². The molecule has 0 spiro atoms. The van der Waals surface area contributed by atoms with Crippen LogP contribution in [-0.2, 0) is 10.0 Å². The number of rotatable bonds is 11. The molecule has 0 heterocycles. The lowest BCUT2D eigenvalue weighted by atomic mass is 10.1. The molecule has 0 aliphatic heterocycles. The van der Waals surface area contributed by atoms with E-state index in [2.05, 4.69) is 5.32 Å². The number of methoxy groups -OCH3 is 1. The predicted molar refractivity (Wildman–Crippen MR) is 107 cm³/mol. The van der Waals surface area contributed by atoms with Crippen LogP contribution in [-0.4, -0.2) is 58.2 Å². The van der Waals surface area contributed by atoms with E-state index in [4.69, 9.17) is 21.1 Å². The van der Waals surface area contributed by atoms with E-state index in [-0.39, 0.29) is 5.91 Å². The Balaban J connectivity index is 2.71. The van der Waals surface area contributed by atoms with Gasteiger partial charge in [0.05, 0.1) is 25.0 Å². The molecule has 0 radical (unpaired) electrons. The van der Waals surface area contributed by atoms with Crippen molar-refractivity contribution in [3.05, 3.63) is 22.7 Å². The number of hydrogen-bond acceptors (Lipinski definition) is 5. The number of nitrogens with zero attached hydrogens (tertiary/aromatic N) is 1. The summed E-state index contributed by atoms with van der Waals surface area (Å²) in [5.74, 6) is 0.815. The minimum Gasteiger partial charge on any atom is -0.493 e. The van der Waals surface area contributed by atoms with E-state index in [0.717, 1.165) is 0 Å². The number of carbonyl (C=O) groups excluding carboxylic acids is 1. The second-order valence-electron chi connectivity index (χ2n) is 6.56. The molecule has 9 heteroatoms. The van der Waals surface area contributed by atoms with Crippen molar-refractivity contribution in [3.63, 3.8) is 0 Å². The Hall–Kier alpha value is -1.51. The van der Waals surface area contributed by atoms with Crippen molar-refractivity contribution in [2.24, 2.45) is 5.92 Å². The van der Waals surface area contributed by atoms with Gasteiger partial charge in [0.2, 0.25) is 10.0 Å². The Bertz CT molecular complexity index is 738. The molecule has 154 valence electrons. The first-order valence-corrected chi connectivity index (χ1v) is 11.1. The topological polar surface area (TPSA) is 84.9 Å². The van der Waals surface area contributed by atoms with Crippen LogP contribution in [0.5, 0.6) is 11.5 Å². The van der Waals surface area contributed by atoms with Crippen LogP contribution < -0.4 is 14.8 Å². The van der Waals surface area contributed by atoms with Gasteiger partial charge in [0, 0.05) is 25.2 Å². The Kier molecular flexibility index (Phi) is 9.35. The van der Waals surface area contributed by atoms with Crippen LogP contribution in [0.25, 0.3) is 0 Å². The summed E-state index contributed by atoms with van der Waals surface area (Å²) in [6, 6.07) is 3.11. The van der Waals surface area contributed by atoms with E-state index in [0.29, 0.717) is 60.7 Å². The van der Waals surface area contributed by atoms with Gasteiger partial charge >= 0.3 is 0 Å². The van der Waals surface area contributed by atoms with E-state index < -0.39 is 10.0 Å². The summed E-state index contributed by atoms with van der Waals surface area (Å²) in [6.07, 6.45) is 1.68. The summed E-state index contributed by atoms with van der Waals surface area (Å²) in [4.78, 5) is 12.4. The van der Waals surface area contributed by atoms with Crippen LogP contribution in [0.4, 0.5) is 0 Å². The maximum absolute atomic E-state index is 12.4. The summed E-state index contributed by atoms with van der Waals surface area (Å²) in [5.41, 5.74) is 0.351. The number of benzene rings is 1. The van der Waals surface area contributed by atoms with E-state index in [1.807, 2.05) is 13.8 Å². The molecule has 1 aromatic rings. The lowest BCUT2D eigenvalue weighted by molar-refractivity contribution is 0.0952. The Morgan fingerprint density at radius 2 is 2.00 bits per heavy atom. The fourth-order valence-electron chi connectivity index (χ4n) is 2.36. The van der Waals surface area contributed by atoms with Gasteiger partial charge in [0.25, 0.3) is 5.91 Å². The van der Waals surface area contributed by atoms with Crippen LogP contribution in [0.15, 0.2) is 12.1 Å². The monoisotopic (exact) mass is 420 g/mol. The zero-order valence-corrected chi connectivity index (χ0v) is 18.1. The van der Waals surface area contributed by atoms with E-state index >= 15 is 0 Å². The average Bonchev–Trinajstić information content (AvgIpc) is 2.58. The highest BCUT2D eigenvalue weighted by Gasteiger charge is 2.17. The standard InChI is InChI=1S/C18H29ClN2O5S/c1-6-21(27(5,23)24)9-7-8-20-18(22)14-10-15(19)17(16(11-14)25-4)26-12-13(2)3/h10-11,13H,6-9,12H2,1-5H3,(H,20,22). The molecule has 1 aromatic carbocycles. The molecule has 7 nitrogen and oxygen atoms in total. The van der Waals surface area contributed by atoms with Crippen LogP contribution in [0.1, 0.15) is 37.6 Å². The third kappa shape index (κ3) is 7.56. The van der Waals surface area contributed by atoms with Crippen molar-refractivity contribution < 1.29 is 22.7 Å². The van der Waals surface area contributed by atoms with Crippen LogP contribution in [0.2, 0.25) is 5.02 Å². The molecule has 1 N–H and O–H groups in total. The SMILES string of the molecule is CCN(CCCNC(=O)c1cc(Cl)c(OCC(C)C)c(OC)c1)S(C)(=O)=O. The summed E-state index contributed by atoms with van der Waals surface area (Å²) in [6.45, 7) is 7.39. The maximum Gasteiger partial charge on any atom is 0.251 e. The lowest BCUT2D eigenvalue weighted by Gasteiger charge is -2.18. The molecule has 27 heavy (non-hydrogen) atoms. The number of ether oxygens (including phenoxy) is 2. The number of carbonyl (C=O) groups is 1. The smallest absolute Gasteiger partial charge is 0.251 e. The molecule has 0 aromatic heterocycles. The third-order valence-electron chi connectivity index (χ3n) is 3.74. The highest BCUT2D eigenvalue weighted by Crippen LogP contribution is 2.36. The summed E-state index contributed by atoms with van der Waals surface area (Å²) in [7, 11) is -1.74. The minimum atomic E-state index is -3.23. The van der Waals surface area contributed by atoms with Crippen molar-refractivity contribution in [1.29, 1.82) is 0 Å². The predicted octanol–water partition coefficient (Wildman–Crippen LogP) is 2.78. The average molecular weight is 421 g/mol. The quantitative estimate of drug-likeness (QED) is 0.556. The van der Waals surface area contributed by atoms with Crippen LogP contribution in [0, 0.1) is 5.92 Å². The van der Waals surface area contributed by atoms with Crippen molar-refractivity contribution in [1.82, 2.24) is 9.62 Å². The number of sulfonamides is 1. The molecule has 0 saturated carbocycles. The molecule has 0 saturated heterocycles. The highest BCUT2D eigenvalue weighted by atomic mass is 35.5. The second-order valence-corrected chi connectivity index (χ2v) is 8.95. The zero-order chi connectivity index (χ0) is 20.6. The molecule has 0 fully saturated rings. The fraction of sp³-hybridized carbons (Fsp3) is 0.611. The van der Waals surface area contributed by atoms with Gasteiger partial charge in [-0.15, -0.1) is 0 Å². The molecule has 0 aliphatic carbocycles. The molecule has 0 unspecified atom stereocenters. The number of hydrogen-bond donors (Lipinski definition) is 1. The Morgan fingerprint density at radius 1 is 1.33 bits per heavy atom. The molecule has 0 aliphatic rings. The fourth-order valence-corrected chi connectivity index (χ4v) is 3.55. The summed E-state index contributed by atoms with van der Waals surface area (Å²) < 4.78 is 35.4. The number of nitrogens with one attached hydrogen (secondary N) is 1. The van der Waals surface area contributed by atoms with E-state index in [9.17, 15) is 13.2 Å². The molecule has 0 atom stereocenters. The van der Waals surface area contributed by atoms with Crippen molar-refractivity contribution in [2.75, 3.05) is 39.6 Å². The van der Waals surface area contributed by atoms with Crippen molar-refractivity contribution in [2.45, 2.75) is 27.2 Å². The van der Waals surface area contributed by atoms with Gasteiger partial charge in [-0.25, -0.2) is 12.7 Å². The van der Waals surface area contributed by atoms with Gasteiger partial charge in [0.15, 0.2) is 11.5 Å². The summed E-state index contributed by atoms with van der Waals surface area (Å²) in [5, 5.41) is 3.06. The van der Waals surface area contributed by atoms with E-state index in [1.165, 1.54) is 23.7 Å². The molecular formula is C18H29ClN2O5S. The third-order valence-corrected chi connectivity index (χ3v) is 5.40. The first kappa shape index (κ1) is 23.5. The molecular weight excluding hydrogens is 392 g/mol.